The van der Waals surface area contributed by atoms with E-state index in [1.807, 2.05) is 25.1 Å². The molecule has 0 aliphatic carbocycles. The minimum Gasteiger partial charge on any atom is -0.495 e. The van der Waals surface area contributed by atoms with Gasteiger partial charge in [0.25, 0.3) is 5.91 Å². The number of pyridine rings is 1. The number of aryl methyl sites for hydroxylation is 2. The van der Waals surface area contributed by atoms with Crippen LogP contribution in [0.15, 0.2) is 42.6 Å². The summed E-state index contributed by atoms with van der Waals surface area (Å²) >= 11 is 1.18. The fourth-order valence-electron chi connectivity index (χ4n) is 2.49. The highest BCUT2D eigenvalue weighted by molar-refractivity contribution is 7.17. The molecule has 0 unspecified atom stereocenters. The highest BCUT2D eigenvalue weighted by Gasteiger charge is 2.19. The van der Waals surface area contributed by atoms with Crippen molar-refractivity contribution in [1.82, 2.24) is 9.97 Å². The topological polar surface area (TPSA) is 90.4 Å². The van der Waals surface area contributed by atoms with Crippen LogP contribution in [0.3, 0.4) is 0 Å². The molecule has 1 aromatic carbocycles. The molecule has 0 radical (unpaired) electrons. The zero-order valence-corrected chi connectivity index (χ0v) is 16.5. The molecule has 1 amide bonds. The lowest BCUT2D eigenvalue weighted by molar-refractivity contribution is -0.119. The number of methoxy groups -OCH3 is 1. The summed E-state index contributed by atoms with van der Waals surface area (Å²) in [7, 11) is 1.52. The van der Waals surface area contributed by atoms with Crippen LogP contribution in [0.5, 0.6) is 5.75 Å². The molecule has 8 heteroatoms. The summed E-state index contributed by atoms with van der Waals surface area (Å²) in [6, 6.07) is 10.9. The second-order valence-electron chi connectivity index (χ2n) is 5.98. The molecule has 0 aliphatic rings. The molecule has 0 fully saturated rings. The van der Waals surface area contributed by atoms with E-state index in [0.29, 0.717) is 32.7 Å². The normalized spacial score (nSPS) is 10.4. The Kier molecular flexibility index (Phi) is 6.00. The highest BCUT2D eigenvalue weighted by atomic mass is 32.1. The van der Waals surface area contributed by atoms with E-state index in [1.165, 1.54) is 18.4 Å². The maximum atomic E-state index is 12.4. The number of carbonyl (C=O) groups excluding carboxylic acids is 2. The predicted octanol–water partition coefficient (Wildman–Crippen LogP) is 3.63. The van der Waals surface area contributed by atoms with Crippen LogP contribution in [0.25, 0.3) is 10.7 Å². The molecule has 0 aliphatic heterocycles. The van der Waals surface area contributed by atoms with Crippen LogP contribution in [0.1, 0.15) is 20.9 Å². The molecular weight excluding hydrogens is 378 g/mol. The van der Waals surface area contributed by atoms with Crippen molar-refractivity contribution in [3.8, 4) is 16.5 Å². The Labute approximate surface area is 166 Å². The first kappa shape index (κ1) is 19.5. The zero-order valence-electron chi connectivity index (χ0n) is 15.7. The van der Waals surface area contributed by atoms with Gasteiger partial charge < -0.3 is 14.8 Å². The molecule has 0 bridgehead atoms. The molecule has 0 atom stereocenters. The van der Waals surface area contributed by atoms with E-state index in [1.54, 1.807) is 31.3 Å². The molecule has 28 heavy (non-hydrogen) atoms. The summed E-state index contributed by atoms with van der Waals surface area (Å²) in [5, 5.41) is 3.32. The SMILES string of the molecule is COc1ccc(C)cc1NC(=O)COC(=O)c1sc(-c2ccccn2)nc1C. The van der Waals surface area contributed by atoms with Gasteiger partial charge in [-0.15, -0.1) is 11.3 Å². The number of hydrogen-bond donors (Lipinski definition) is 1. The number of esters is 1. The van der Waals surface area contributed by atoms with E-state index in [-0.39, 0.29) is 0 Å². The number of nitrogens with one attached hydrogen (secondary N) is 1. The maximum absolute atomic E-state index is 12.4. The second-order valence-corrected chi connectivity index (χ2v) is 6.98. The van der Waals surface area contributed by atoms with Crippen LogP contribution in [0.2, 0.25) is 0 Å². The molecule has 0 spiro atoms. The number of thiazole rings is 1. The van der Waals surface area contributed by atoms with Crippen LogP contribution in [0.4, 0.5) is 5.69 Å². The maximum Gasteiger partial charge on any atom is 0.350 e. The summed E-state index contributed by atoms with van der Waals surface area (Å²) in [4.78, 5) is 33.5. The molecule has 2 aromatic heterocycles. The second kappa shape index (κ2) is 8.62. The van der Waals surface area contributed by atoms with E-state index in [2.05, 4.69) is 15.3 Å². The minimum atomic E-state index is -0.594. The van der Waals surface area contributed by atoms with Crippen molar-refractivity contribution in [2.45, 2.75) is 13.8 Å². The quantitative estimate of drug-likeness (QED) is 0.639. The molecule has 144 valence electrons. The highest BCUT2D eigenvalue weighted by Crippen LogP contribution is 2.27. The standard InChI is InChI=1S/C20H19N3O4S/c1-12-7-8-16(26-3)15(10-12)23-17(24)11-27-20(25)18-13(2)22-19(28-18)14-6-4-5-9-21-14/h4-10H,11H2,1-3H3,(H,23,24). The number of rotatable bonds is 6. The largest absolute Gasteiger partial charge is 0.495 e. The van der Waals surface area contributed by atoms with Crippen LogP contribution < -0.4 is 10.1 Å². The van der Waals surface area contributed by atoms with Crippen molar-refractivity contribution in [2.75, 3.05) is 19.0 Å². The third kappa shape index (κ3) is 4.52. The number of hydrogen-bond acceptors (Lipinski definition) is 7. The third-order valence-electron chi connectivity index (χ3n) is 3.83. The van der Waals surface area contributed by atoms with Crippen molar-refractivity contribution >= 4 is 28.9 Å². The van der Waals surface area contributed by atoms with Gasteiger partial charge in [0, 0.05) is 6.20 Å². The molecule has 3 rings (SSSR count). The van der Waals surface area contributed by atoms with Gasteiger partial charge in [-0.1, -0.05) is 12.1 Å². The average molecular weight is 397 g/mol. The lowest BCUT2D eigenvalue weighted by Gasteiger charge is -2.11. The first-order valence-electron chi connectivity index (χ1n) is 8.48. The third-order valence-corrected chi connectivity index (χ3v) is 4.99. The summed E-state index contributed by atoms with van der Waals surface area (Å²) in [6.45, 7) is 3.21. The van der Waals surface area contributed by atoms with Crippen molar-refractivity contribution in [2.24, 2.45) is 0 Å². The van der Waals surface area contributed by atoms with Gasteiger partial charge in [0.1, 0.15) is 15.6 Å². The van der Waals surface area contributed by atoms with Gasteiger partial charge in [0.05, 0.1) is 24.2 Å². The van der Waals surface area contributed by atoms with Crippen molar-refractivity contribution in [3.05, 3.63) is 58.7 Å². The van der Waals surface area contributed by atoms with Crippen molar-refractivity contribution < 1.29 is 19.1 Å². The number of carbonyl (C=O) groups is 2. The van der Waals surface area contributed by atoms with Gasteiger partial charge in [-0.05, 0) is 43.7 Å². The summed E-state index contributed by atoms with van der Waals surface area (Å²) in [5.41, 5.74) is 2.71. The Bertz CT molecular complexity index is 1000. The number of nitrogens with zero attached hydrogens (tertiary/aromatic N) is 2. The van der Waals surface area contributed by atoms with E-state index in [9.17, 15) is 9.59 Å². The molecule has 0 saturated heterocycles. The monoisotopic (exact) mass is 397 g/mol. The van der Waals surface area contributed by atoms with Gasteiger partial charge in [0.15, 0.2) is 6.61 Å². The molecule has 3 aromatic rings. The first-order valence-corrected chi connectivity index (χ1v) is 9.30. The predicted molar refractivity (Wildman–Crippen MR) is 107 cm³/mol. The number of aromatic nitrogens is 2. The van der Waals surface area contributed by atoms with Gasteiger partial charge in [0.2, 0.25) is 0 Å². The van der Waals surface area contributed by atoms with E-state index < -0.39 is 18.5 Å². The number of amides is 1. The smallest absolute Gasteiger partial charge is 0.350 e. The molecule has 1 N–H and O–H groups in total. The lowest BCUT2D eigenvalue weighted by Crippen LogP contribution is -2.21. The molecule has 7 nitrogen and oxygen atoms in total. The van der Waals surface area contributed by atoms with Gasteiger partial charge in [-0.3, -0.25) is 9.78 Å². The van der Waals surface area contributed by atoms with Crippen LogP contribution in [0, 0.1) is 13.8 Å². The summed E-state index contributed by atoms with van der Waals surface area (Å²) in [5.74, 6) is -0.517. The number of benzene rings is 1. The molecule has 0 saturated carbocycles. The average Bonchev–Trinajstić information content (AvgIpc) is 3.09. The van der Waals surface area contributed by atoms with Crippen LogP contribution >= 0.6 is 11.3 Å². The fraction of sp³-hybridized carbons (Fsp3) is 0.200. The van der Waals surface area contributed by atoms with Crippen molar-refractivity contribution in [3.63, 3.8) is 0 Å². The number of ether oxygens (including phenoxy) is 2. The minimum absolute atomic E-state index is 0.349. The summed E-state index contributed by atoms with van der Waals surface area (Å²) in [6.07, 6.45) is 1.66. The Morgan fingerprint density at radius 1 is 1.18 bits per heavy atom. The van der Waals surface area contributed by atoms with Crippen LogP contribution in [-0.2, 0) is 9.53 Å². The molecule has 2 heterocycles. The Morgan fingerprint density at radius 3 is 2.71 bits per heavy atom. The Hall–Kier alpha value is -3.26. The van der Waals surface area contributed by atoms with Crippen LogP contribution in [-0.4, -0.2) is 35.6 Å². The lowest BCUT2D eigenvalue weighted by atomic mass is 10.2. The van der Waals surface area contributed by atoms with E-state index >= 15 is 0 Å². The van der Waals surface area contributed by atoms with Gasteiger partial charge in [-0.2, -0.15) is 0 Å². The zero-order chi connectivity index (χ0) is 20.1. The van der Waals surface area contributed by atoms with Crippen molar-refractivity contribution in [1.29, 1.82) is 0 Å². The Morgan fingerprint density at radius 2 is 2.00 bits per heavy atom. The summed E-state index contributed by atoms with van der Waals surface area (Å²) < 4.78 is 10.4. The number of anilines is 1. The molecular formula is C20H19N3O4S. The van der Waals surface area contributed by atoms with E-state index in [0.717, 1.165) is 5.56 Å². The van der Waals surface area contributed by atoms with Gasteiger partial charge >= 0.3 is 5.97 Å². The van der Waals surface area contributed by atoms with E-state index in [4.69, 9.17) is 9.47 Å². The fourth-order valence-corrected chi connectivity index (χ4v) is 3.42. The first-order chi connectivity index (χ1) is 13.5. The Balaban J connectivity index is 1.64. The van der Waals surface area contributed by atoms with Gasteiger partial charge in [-0.25, -0.2) is 9.78 Å².